The fraction of sp³-hybridized carbons (Fsp3) is 0.280. The Morgan fingerprint density at radius 1 is 1.10 bits per heavy atom. The van der Waals surface area contributed by atoms with Gasteiger partial charge >= 0.3 is 5.97 Å². The van der Waals surface area contributed by atoms with Gasteiger partial charge in [-0.25, -0.2) is 9.78 Å². The van der Waals surface area contributed by atoms with Gasteiger partial charge in [0.25, 0.3) is 0 Å². The number of aromatic nitrogens is 1. The molecule has 1 aromatic heterocycles. The maximum Gasteiger partial charge on any atom is 0.336 e. The number of allylic oxidation sites excluding steroid dienone is 1. The Morgan fingerprint density at radius 2 is 1.79 bits per heavy atom. The molecule has 3 aromatic rings. The second kappa shape index (κ2) is 7.31. The highest BCUT2D eigenvalue weighted by Gasteiger charge is 2.35. The van der Waals surface area contributed by atoms with Crippen LogP contribution in [0.4, 0.5) is 0 Å². The zero-order valence-electron chi connectivity index (χ0n) is 16.9. The number of fused-ring (bicyclic) bond motifs is 2. The van der Waals surface area contributed by atoms with Crippen LogP contribution >= 0.6 is 11.6 Å². The van der Waals surface area contributed by atoms with Crippen molar-refractivity contribution in [3.8, 4) is 0 Å². The van der Waals surface area contributed by atoms with Crippen LogP contribution in [0.5, 0.6) is 0 Å². The lowest BCUT2D eigenvalue weighted by Crippen LogP contribution is -2.28. The van der Waals surface area contributed by atoms with Gasteiger partial charge in [-0.05, 0) is 65.1 Å². The van der Waals surface area contributed by atoms with Gasteiger partial charge in [0.15, 0.2) is 0 Å². The molecule has 4 rings (SSSR count). The summed E-state index contributed by atoms with van der Waals surface area (Å²) in [6.45, 7) is 6.66. The lowest BCUT2D eigenvalue weighted by atomic mass is 9.69. The Morgan fingerprint density at radius 3 is 2.45 bits per heavy atom. The number of rotatable bonds is 2. The van der Waals surface area contributed by atoms with Gasteiger partial charge in [0.1, 0.15) is 0 Å². The van der Waals surface area contributed by atoms with Crippen LogP contribution in [0.25, 0.3) is 22.6 Å². The number of carboxylic acids is 1. The number of pyridine rings is 1. The van der Waals surface area contributed by atoms with E-state index in [1.807, 2.05) is 48.5 Å². The third kappa shape index (κ3) is 3.79. The average molecular weight is 406 g/mol. The molecule has 0 saturated heterocycles. The second-order valence-electron chi connectivity index (χ2n) is 8.83. The minimum absolute atomic E-state index is 0.0538. The monoisotopic (exact) mass is 405 g/mol. The van der Waals surface area contributed by atoms with Crippen molar-refractivity contribution in [2.75, 3.05) is 0 Å². The zero-order valence-corrected chi connectivity index (χ0v) is 17.6. The average Bonchev–Trinajstić information content (AvgIpc) is 2.67. The van der Waals surface area contributed by atoms with Crippen LogP contribution in [-0.4, -0.2) is 16.1 Å². The van der Waals surface area contributed by atoms with E-state index in [4.69, 9.17) is 16.6 Å². The molecule has 1 atom stereocenters. The first-order valence-corrected chi connectivity index (χ1v) is 10.2. The van der Waals surface area contributed by atoms with Crippen molar-refractivity contribution in [2.45, 2.75) is 33.6 Å². The lowest BCUT2D eigenvalue weighted by molar-refractivity contribution is 0.0696. The Hall–Kier alpha value is -2.65. The molecule has 0 fully saturated rings. The van der Waals surface area contributed by atoms with Crippen LogP contribution < -0.4 is 0 Å². The summed E-state index contributed by atoms with van der Waals surface area (Å²) in [6.07, 6.45) is 3.71. The highest BCUT2D eigenvalue weighted by atomic mass is 35.5. The third-order valence-electron chi connectivity index (χ3n) is 5.86. The zero-order chi connectivity index (χ0) is 20.8. The molecular formula is C25H24ClNO2. The number of halogens is 1. The van der Waals surface area contributed by atoms with Crippen molar-refractivity contribution in [2.24, 2.45) is 11.3 Å². The Bertz CT molecular complexity index is 1120. The quantitative estimate of drug-likeness (QED) is 0.513. The number of benzene rings is 2. The molecule has 1 aliphatic carbocycles. The number of aromatic carboxylic acids is 1. The van der Waals surface area contributed by atoms with E-state index in [-0.39, 0.29) is 5.41 Å². The van der Waals surface area contributed by atoms with E-state index in [1.165, 1.54) is 0 Å². The maximum absolute atomic E-state index is 12.3. The van der Waals surface area contributed by atoms with Gasteiger partial charge in [0.05, 0.1) is 16.8 Å². The normalized spacial score (nSPS) is 18.1. The first-order valence-electron chi connectivity index (χ1n) is 9.85. The van der Waals surface area contributed by atoms with Crippen LogP contribution in [0.1, 0.15) is 54.4 Å². The highest BCUT2D eigenvalue weighted by molar-refractivity contribution is 6.30. The van der Waals surface area contributed by atoms with Gasteiger partial charge in [-0.3, -0.25) is 0 Å². The van der Waals surface area contributed by atoms with Crippen LogP contribution in [0.2, 0.25) is 5.02 Å². The summed E-state index contributed by atoms with van der Waals surface area (Å²) in [4.78, 5) is 17.2. The first kappa shape index (κ1) is 19.7. The first-order chi connectivity index (χ1) is 13.7. The molecular weight excluding hydrogens is 382 g/mol. The SMILES string of the molecule is CC(C)(C)[C@@H]1C/C(=C\c2ccc(Cl)cc2)c2nc3ccccc3c(C(=O)O)c2C1. The van der Waals surface area contributed by atoms with E-state index in [0.29, 0.717) is 21.9 Å². The summed E-state index contributed by atoms with van der Waals surface area (Å²) < 4.78 is 0. The molecule has 0 spiro atoms. The maximum atomic E-state index is 12.3. The standard InChI is InChI=1S/C25H24ClNO2/c1-25(2,3)17-13-16(12-15-8-10-18(26)11-9-15)23-20(14-17)22(24(28)29)19-6-4-5-7-21(19)27-23/h4-12,17H,13-14H2,1-3H3,(H,28,29)/b16-12+/t17-/m1/s1. The van der Waals surface area contributed by atoms with Crippen molar-refractivity contribution >= 4 is 40.1 Å². The van der Waals surface area contributed by atoms with Crippen LogP contribution in [0, 0.1) is 11.3 Å². The van der Waals surface area contributed by atoms with E-state index < -0.39 is 5.97 Å². The number of nitrogens with zero attached hydrogens (tertiary/aromatic N) is 1. The Kier molecular flexibility index (Phi) is 4.95. The van der Waals surface area contributed by atoms with Gasteiger partial charge in [-0.15, -0.1) is 0 Å². The minimum Gasteiger partial charge on any atom is -0.478 e. The summed E-state index contributed by atoms with van der Waals surface area (Å²) in [5, 5.41) is 11.5. The number of hydrogen-bond donors (Lipinski definition) is 1. The van der Waals surface area contributed by atoms with E-state index >= 15 is 0 Å². The number of carbonyl (C=O) groups is 1. The van der Waals surface area contributed by atoms with Gasteiger partial charge in [0, 0.05) is 10.4 Å². The van der Waals surface area contributed by atoms with Crippen molar-refractivity contribution < 1.29 is 9.90 Å². The molecule has 0 unspecified atom stereocenters. The molecule has 0 radical (unpaired) electrons. The van der Waals surface area contributed by atoms with Crippen LogP contribution in [-0.2, 0) is 6.42 Å². The number of hydrogen-bond acceptors (Lipinski definition) is 2. The molecule has 29 heavy (non-hydrogen) atoms. The fourth-order valence-electron chi connectivity index (χ4n) is 4.14. The predicted molar refractivity (Wildman–Crippen MR) is 119 cm³/mol. The van der Waals surface area contributed by atoms with Gasteiger partial charge in [-0.1, -0.05) is 62.7 Å². The van der Waals surface area contributed by atoms with Gasteiger partial charge < -0.3 is 5.11 Å². The molecule has 0 bridgehead atoms. The molecule has 1 aliphatic rings. The van der Waals surface area contributed by atoms with Crippen LogP contribution in [0.3, 0.4) is 0 Å². The van der Waals surface area contributed by atoms with Crippen molar-refractivity contribution in [1.29, 1.82) is 0 Å². The summed E-state index contributed by atoms with van der Waals surface area (Å²) in [5.74, 6) is -0.560. The predicted octanol–water partition coefficient (Wildman–Crippen LogP) is 6.74. The molecule has 0 saturated carbocycles. The molecule has 2 aromatic carbocycles. The van der Waals surface area contributed by atoms with Crippen molar-refractivity contribution in [3.05, 3.63) is 75.9 Å². The summed E-state index contributed by atoms with van der Waals surface area (Å²) in [5.41, 5.74) is 4.96. The van der Waals surface area contributed by atoms with Crippen molar-refractivity contribution in [1.82, 2.24) is 4.98 Å². The van der Waals surface area contributed by atoms with E-state index in [9.17, 15) is 9.90 Å². The minimum atomic E-state index is -0.889. The lowest BCUT2D eigenvalue weighted by Gasteiger charge is -2.36. The van der Waals surface area contributed by atoms with Crippen LogP contribution in [0.15, 0.2) is 48.5 Å². The Balaban J connectivity index is 1.99. The molecule has 0 amide bonds. The smallest absolute Gasteiger partial charge is 0.336 e. The third-order valence-corrected chi connectivity index (χ3v) is 6.12. The van der Waals surface area contributed by atoms with Gasteiger partial charge in [0.2, 0.25) is 0 Å². The topological polar surface area (TPSA) is 50.2 Å². The number of para-hydroxylation sites is 1. The van der Waals surface area contributed by atoms with Gasteiger partial charge in [-0.2, -0.15) is 0 Å². The number of carboxylic acid groups (broad SMARTS) is 1. The second-order valence-corrected chi connectivity index (χ2v) is 9.27. The van der Waals surface area contributed by atoms with E-state index in [2.05, 4.69) is 26.8 Å². The van der Waals surface area contributed by atoms with E-state index in [1.54, 1.807) is 0 Å². The largest absolute Gasteiger partial charge is 0.478 e. The fourth-order valence-corrected chi connectivity index (χ4v) is 4.27. The molecule has 148 valence electrons. The van der Waals surface area contributed by atoms with Crippen molar-refractivity contribution in [3.63, 3.8) is 0 Å². The summed E-state index contributed by atoms with van der Waals surface area (Å²) >= 11 is 6.04. The summed E-state index contributed by atoms with van der Waals surface area (Å²) in [6, 6.07) is 15.2. The molecule has 1 N–H and O–H groups in total. The highest BCUT2D eigenvalue weighted by Crippen LogP contribution is 2.44. The summed E-state index contributed by atoms with van der Waals surface area (Å²) in [7, 11) is 0. The molecule has 3 nitrogen and oxygen atoms in total. The van der Waals surface area contributed by atoms with E-state index in [0.717, 1.165) is 40.8 Å². The molecule has 4 heteroatoms. The molecule has 1 heterocycles. The Labute approximate surface area is 176 Å². The molecule has 0 aliphatic heterocycles.